The van der Waals surface area contributed by atoms with Gasteiger partial charge in [-0.15, -0.1) is 5.92 Å². The van der Waals surface area contributed by atoms with Gasteiger partial charge in [0.15, 0.2) is 0 Å². The molecule has 1 rings (SSSR count). The number of amides is 1. The molecule has 0 aliphatic heterocycles. The van der Waals surface area contributed by atoms with Gasteiger partial charge in [0, 0.05) is 6.20 Å². The maximum atomic E-state index is 10.6. The van der Waals surface area contributed by atoms with Crippen molar-refractivity contribution in [2.75, 3.05) is 0 Å². The molecule has 1 heterocycles. The van der Waals surface area contributed by atoms with Crippen LogP contribution in [-0.4, -0.2) is 15.7 Å². The van der Waals surface area contributed by atoms with Crippen molar-refractivity contribution in [3.8, 4) is 11.8 Å². The zero-order chi connectivity index (χ0) is 8.97. The van der Waals surface area contributed by atoms with Crippen LogP contribution in [-0.2, 0) is 6.54 Å². The first-order valence-corrected chi connectivity index (χ1v) is 3.46. The third-order valence-corrected chi connectivity index (χ3v) is 1.34. The van der Waals surface area contributed by atoms with Crippen molar-refractivity contribution in [2.45, 2.75) is 13.5 Å². The topological polar surface area (TPSA) is 60.9 Å². The smallest absolute Gasteiger partial charge is 0.251 e. The molecule has 4 nitrogen and oxygen atoms in total. The lowest BCUT2D eigenvalue weighted by atomic mass is 10.3. The summed E-state index contributed by atoms with van der Waals surface area (Å²) in [6.07, 6.45) is 3.01. The second-order valence-electron chi connectivity index (χ2n) is 2.22. The van der Waals surface area contributed by atoms with Crippen LogP contribution in [0.3, 0.4) is 0 Å². The van der Waals surface area contributed by atoms with Gasteiger partial charge in [0.25, 0.3) is 5.91 Å². The van der Waals surface area contributed by atoms with Crippen LogP contribution in [0, 0.1) is 11.8 Å². The number of hydrogen-bond acceptors (Lipinski definition) is 2. The Morgan fingerprint density at radius 1 is 1.83 bits per heavy atom. The molecule has 62 valence electrons. The number of carbonyl (C=O) groups excluding carboxylic acids is 1. The molecule has 0 spiro atoms. The van der Waals surface area contributed by atoms with E-state index in [-0.39, 0.29) is 0 Å². The van der Waals surface area contributed by atoms with Gasteiger partial charge in [-0.05, 0) is 6.92 Å². The summed E-state index contributed by atoms with van der Waals surface area (Å²) in [6.45, 7) is 2.24. The Morgan fingerprint density at radius 3 is 3.08 bits per heavy atom. The molecule has 1 aromatic heterocycles. The van der Waals surface area contributed by atoms with Gasteiger partial charge in [0.2, 0.25) is 0 Å². The number of rotatable bonds is 2. The second-order valence-corrected chi connectivity index (χ2v) is 2.22. The molecule has 1 amide bonds. The molecule has 0 saturated heterocycles. The number of nitrogens with two attached hydrogens (primary N) is 1. The fraction of sp³-hybridized carbons (Fsp3) is 0.250. The minimum Gasteiger partial charge on any atom is -0.366 e. The van der Waals surface area contributed by atoms with Gasteiger partial charge >= 0.3 is 0 Å². The Labute approximate surface area is 70.4 Å². The summed E-state index contributed by atoms with van der Waals surface area (Å²) in [4.78, 5) is 10.6. The van der Waals surface area contributed by atoms with E-state index in [9.17, 15) is 4.79 Å². The molecule has 0 aliphatic carbocycles. The zero-order valence-corrected chi connectivity index (χ0v) is 6.74. The highest BCUT2D eigenvalue weighted by Crippen LogP contribution is 1.94. The Kier molecular flexibility index (Phi) is 2.49. The van der Waals surface area contributed by atoms with Crippen LogP contribution in [0.1, 0.15) is 17.3 Å². The summed E-state index contributed by atoms with van der Waals surface area (Å²) in [6, 6.07) is 0. The van der Waals surface area contributed by atoms with E-state index in [0.29, 0.717) is 12.1 Å². The van der Waals surface area contributed by atoms with Crippen molar-refractivity contribution in [3.05, 3.63) is 18.0 Å². The zero-order valence-electron chi connectivity index (χ0n) is 6.74. The highest BCUT2D eigenvalue weighted by Gasteiger charge is 2.01. The third kappa shape index (κ3) is 1.86. The largest absolute Gasteiger partial charge is 0.366 e. The Bertz CT molecular complexity index is 343. The lowest BCUT2D eigenvalue weighted by Gasteiger charge is -1.89. The number of primary amides is 1. The van der Waals surface area contributed by atoms with E-state index >= 15 is 0 Å². The molecule has 0 bridgehead atoms. The van der Waals surface area contributed by atoms with E-state index in [1.807, 2.05) is 0 Å². The van der Waals surface area contributed by atoms with E-state index in [2.05, 4.69) is 16.9 Å². The highest BCUT2D eigenvalue weighted by molar-refractivity contribution is 5.92. The molecule has 0 saturated carbocycles. The van der Waals surface area contributed by atoms with Crippen LogP contribution in [0.4, 0.5) is 0 Å². The first-order valence-electron chi connectivity index (χ1n) is 3.46. The van der Waals surface area contributed by atoms with Crippen LogP contribution in [0.25, 0.3) is 0 Å². The minimum atomic E-state index is -0.467. The quantitative estimate of drug-likeness (QED) is 0.624. The van der Waals surface area contributed by atoms with Gasteiger partial charge in [-0.3, -0.25) is 9.48 Å². The van der Waals surface area contributed by atoms with Crippen molar-refractivity contribution in [1.29, 1.82) is 0 Å². The van der Waals surface area contributed by atoms with Crippen molar-refractivity contribution in [1.82, 2.24) is 9.78 Å². The molecule has 2 N–H and O–H groups in total. The molecular formula is C8H9N3O. The fourth-order valence-electron chi connectivity index (χ4n) is 0.737. The molecule has 4 heteroatoms. The average molecular weight is 163 g/mol. The normalized spacial score (nSPS) is 8.75. The van der Waals surface area contributed by atoms with E-state index in [4.69, 9.17) is 5.73 Å². The SMILES string of the molecule is CC#CCn1cc(C(N)=O)cn1. The lowest BCUT2D eigenvalue weighted by molar-refractivity contribution is 0.1000. The van der Waals surface area contributed by atoms with Crippen molar-refractivity contribution in [3.63, 3.8) is 0 Å². The van der Waals surface area contributed by atoms with E-state index in [1.54, 1.807) is 17.8 Å². The molecule has 0 fully saturated rings. The summed E-state index contributed by atoms with van der Waals surface area (Å²) in [7, 11) is 0. The predicted octanol–water partition coefficient (Wildman–Crippen LogP) is 0.00530. The van der Waals surface area contributed by atoms with Crippen LogP contribution in [0.5, 0.6) is 0 Å². The van der Waals surface area contributed by atoms with Crippen LogP contribution in [0.2, 0.25) is 0 Å². The Balaban J connectivity index is 2.75. The van der Waals surface area contributed by atoms with E-state index in [1.165, 1.54) is 6.20 Å². The Hall–Kier alpha value is -1.76. The summed E-state index contributed by atoms with van der Waals surface area (Å²) in [5, 5.41) is 3.89. The van der Waals surface area contributed by atoms with Crippen molar-refractivity contribution >= 4 is 5.91 Å². The molecule has 0 unspecified atom stereocenters. The average Bonchev–Trinajstić information content (AvgIpc) is 2.48. The van der Waals surface area contributed by atoms with Crippen LogP contribution < -0.4 is 5.73 Å². The summed E-state index contributed by atoms with van der Waals surface area (Å²) in [5.41, 5.74) is 5.44. The fourth-order valence-corrected chi connectivity index (χ4v) is 0.737. The maximum absolute atomic E-state index is 10.6. The molecule has 0 radical (unpaired) electrons. The predicted molar refractivity (Wildman–Crippen MR) is 44.2 cm³/mol. The van der Waals surface area contributed by atoms with Gasteiger partial charge in [-0.1, -0.05) is 5.92 Å². The molecule has 0 aliphatic rings. The molecular weight excluding hydrogens is 154 g/mol. The number of hydrogen-bond donors (Lipinski definition) is 1. The number of nitrogens with zero attached hydrogens (tertiary/aromatic N) is 2. The molecule has 1 aromatic rings. The summed E-state index contributed by atoms with van der Waals surface area (Å²) in [5.74, 6) is 5.08. The van der Waals surface area contributed by atoms with E-state index in [0.717, 1.165) is 0 Å². The van der Waals surface area contributed by atoms with Gasteiger partial charge < -0.3 is 5.73 Å². The molecule has 12 heavy (non-hydrogen) atoms. The van der Waals surface area contributed by atoms with Crippen molar-refractivity contribution in [2.24, 2.45) is 5.73 Å². The second kappa shape index (κ2) is 3.58. The van der Waals surface area contributed by atoms with Crippen LogP contribution >= 0.6 is 0 Å². The molecule has 0 atom stereocenters. The maximum Gasteiger partial charge on any atom is 0.251 e. The number of carbonyl (C=O) groups is 1. The molecule has 0 aromatic carbocycles. The first kappa shape index (κ1) is 8.34. The van der Waals surface area contributed by atoms with E-state index < -0.39 is 5.91 Å². The Morgan fingerprint density at radius 2 is 2.58 bits per heavy atom. The number of aromatic nitrogens is 2. The van der Waals surface area contributed by atoms with Crippen LogP contribution in [0.15, 0.2) is 12.4 Å². The first-order chi connectivity index (χ1) is 5.74. The lowest BCUT2D eigenvalue weighted by Crippen LogP contribution is -2.09. The van der Waals surface area contributed by atoms with Gasteiger partial charge in [-0.25, -0.2) is 0 Å². The highest BCUT2D eigenvalue weighted by atomic mass is 16.1. The van der Waals surface area contributed by atoms with Crippen molar-refractivity contribution < 1.29 is 4.79 Å². The summed E-state index contributed by atoms with van der Waals surface area (Å²) >= 11 is 0. The third-order valence-electron chi connectivity index (χ3n) is 1.34. The standard InChI is InChI=1S/C8H9N3O/c1-2-3-4-11-6-7(5-10-11)8(9)12/h5-6H,4H2,1H3,(H2,9,12). The minimum absolute atomic E-state index is 0.410. The summed E-state index contributed by atoms with van der Waals surface area (Å²) < 4.78 is 1.57. The monoisotopic (exact) mass is 163 g/mol. The van der Waals surface area contributed by atoms with Gasteiger partial charge in [0.1, 0.15) is 6.54 Å². The van der Waals surface area contributed by atoms with Gasteiger partial charge in [-0.2, -0.15) is 5.10 Å². The van der Waals surface area contributed by atoms with Gasteiger partial charge in [0.05, 0.1) is 11.8 Å².